The van der Waals surface area contributed by atoms with Crippen LogP contribution >= 0.6 is 0 Å². The predicted molar refractivity (Wildman–Crippen MR) is 123 cm³/mol. The fourth-order valence-corrected chi connectivity index (χ4v) is 4.34. The summed E-state index contributed by atoms with van der Waals surface area (Å²) in [6.07, 6.45) is 0. The van der Waals surface area contributed by atoms with Gasteiger partial charge in [-0.05, 0) is 48.2 Å². The molecule has 8 heteroatoms. The van der Waals surface area contributed by atoms with Crippen LogP contribution in [0.1, 0.15) is 37.8 Å². The number of carbonyl (C=O) groups excluding carboxylic acids is 3. The molecule has 0 bridgehead atoms. The number of nitrogens with zero attached hydrogens (tertiary/aromatic N) is 3. The Morgan fingerprint density at radius 1 is 1.00 bits per heavy atom. The van der Waals surface area contributed by atoms with E-state index in [9.17, 15) is 18.8 Å². The van der Waals surface area contributed by atoms with Crippen LogP contribution in [0.5, 0.6) is 0 Å². The average molecular weight is 453 g/mol. The summed E-state index contributed by atoms with van der Waals surface area (Å²) in [7, 11) is 0. The van der Waals surface area contributed by atoms with Crippen LogP contribution in [-0.2, 0) is 15.1 Å². The Balaban J connectivity index is 1.38. The highest BCUT2D eigenvalue weighted by molar-refractivity contribution is 6.09. The van der Waals surface area contributed by atoms with Crippen molar-refractivity contribution in [1.29, 1.82) is 0 Å². The fourth-order valence-electron chi connectivity index (χ4n) is 4.34. The van der Waals surface area contributed by atoms with Gasteiger partial charge in [0.25, 0.3) is 5.91 Å². The van der Waals surface area contributed by atoms with Gasteiger partial charge in [0.05, 0.1) is 0 Å². The lowest BCUT2D eigenvalue weighted by Gasteiger charge is -2.36. The van der Waals surface area contributed by atoms with Gasteiger partial charge >= 0.3 is 6.03 Å². The molecule has 0 saturated carbocycles. The Kier molecular flexibility index (Phi) is 6.10. The minimum atomic E-state index is -1.20. The van der Waals surface area contributed by atoms with E-state index in [1.807, 2.05) is 24.3 Å². The number of halogens is 1. The largest absolute Gasteiger partial charge is 0.368 e. The number of imide groups is 1. The maximum absolute atomic E-state index is 13.2. The van der Waals surface area contributed by atoms with Crippen molar-refractivity contribution in [2.24, 2.45) is 0 Å². The summed E-state index contributed by atoms with van der Waals surface area (Å²) in [5.74, 6) is -0.623. The lowest BCUT2D eigenvalue weighted by atomic mass is 9.90. The van der Waals surface area contributed by atoms with Gasteiger partial charge in [-0.3, -0.25) is 14.5 Å². The molecule has 0 aliphatic carbocycles. The summed E-state index contributed by atoms with van der Waals surface area (Å²) in [6, 6.07) is 13.3. The molecule has 7 nitrogen and oxygen atoms in total. The third-order valence-corrected chi connectivity index (χ3v) is 6.55. The maximum atomic E-state index is 13.2. The molecule has 4 amide bonds. The Morgan fingerprint density at radius 2 is 1.61 bits per heavy atom. The van der Waals surface area contributed by atoms with Gasteiger partial charge in [-0.25, -0.2) is 9.18 Å². The van der Waals surface area contributed by atoms with E-state index in [0.717, 1.165) is 16.2 Å². The van der Waals surface area contributed by atoms with Gasteiger partial charge in [0.2, 0.25) is 5.91 Å². The minimum absolute atomic E-state index is 0.267. The van der Waals surface area contributed by atoms with Crippen molar-refractivity contribution in [3.63, 3.8) is 0 Å². The van der Waals surface area contributed by atoms with Gasteiger partial charge in [0.15, 0.2) is 0 Å². The van der Waals surface area contributed by atoms with Gasteiger partial charge in [0.1, 0.15) is 17.9 Å². The Morgan fingerprint density at radius 3 is 2.18 bits per heavy atom. The minimum Gasteiger partial charge on any atom is -0.368 e. The second-order valence-corrected chi connectivity index (χ2v) is 9.07. The molecular weight excluding hydrogens is 423 g/mol. The van der Waals surface area contributed by atoms with Crippen molar-refractivity contribution < 1.29 is 18.8 Å². The Labute approximate surface area is 193 Å². The monoisotopic (exact) mass is 452 g/mol. The maximum Gasteiger partial charge on any atom is 0.325 e. The SMILES string of the molecule is CC(C)c1ccc(C2(C)NC(=O)N(CC(=O)N3CCN(c4ccc(F)cc4)CC3)C2=O)cc1. The third-order valence-electron chi connectivity index (χ3n) is 6.55. The highest BCUT2D eigenvalue weighted by atomic mass is 19.1. The van der Waals surface area contributed by atoms with Gasteiger partial charge in [-0.2, -0.15) is 0 Å². The van der Waals surface area contributed by atoms with E-state index in [2.05, 4.69) is 24.1 Å². The number of nitrogens with one attached hydrogen (secondary N) is 1. The van der Waals surface area contributed by atoms with Gasteiger partial charge < -0.3 is 15.1 Å². The molecule has 33 heavy (non-hydrogen) atoms. The fraction of sp³-hybridized carbons (Fsp3) is 0.400. The molecule has 2 saturated heterocycles. The smallest absolute Gasteiger partial charge is 0.325 e. The van der Waals surface area contributed by atoms with E-state index in [1.165, 1.54) is 12.1 Å². The molecule has 2 heterocycles. The number of hydrogen-bond acceptors (Lipinski definition) is 4. The van der Waals surface area contributed by atoms with E-state index in [-0.39, 0.29) is 18.3 Å². The zero-order valence-corrected chi connectivity index (χ0v) is 19.2. The molecule has 0 radical (unpaired) electrons. The number of amides is 4. The molecular formula is C25H29FN4O3. The van der Waals surface area contributed by atoms with Crippen molar-refractivity contribution >= 4 is 23.5 Å². The predicted octanol–water partition coefficient (Wildman–Crippen LogP) is 3.06. The second kappa shape index (κ2) is 8.84. The standard InChI is InChI=1S/C25H29FN4O3/c1-17(2)18-4-6-19(7-5-18)25(3)23(32)30(24(33)27-25)16-22(31)29-14-12-28(13-15-29)21-10-8-20(26)9-11-21/h4-11,17H,12-16H2,1-3H3,(H,27,33). The lowest BCUT2D eigenvalue weighted by Crippen LogP contribution is -2.52. The number of carbonyl (C=O) groups is 3. The molecule has 2 aromatic rings. The first-order valence-corrected chi connectivity index (χ1v) is 11.2. The number of piperazine rings is 1. The molecule has 1 N–H and O–H groups in total. The third kappa shape index (κ3) is 4.42. The molecule has 0 spiro atoms. The van der Waals surface area contributed by atoms with Crippen LogP contribution in [-0.4, -0.2) is 60.4 Å². The summed E-state index contributed by atoms with van der Waals surface area (Å²) in [4.78, 5) is 43.4. The van der Waals surface area contributed by atoms with Crippen LogP contribution < -0.4 is 10.2 Å². The lowest BCUT2D eigenvalue weighted by molar-refractivity contribution is -0.139. The zero-order chi connectivity index (χ0) is 23.8. The van der Waals surface area contributed by atoms with Crippen LogP contribution in [0.2, 0.25) is 0 Å². The molecule has 1 atom stereocenters. The Bertz CT molecular complexity index is 1050. The molecule has 1 unspecified atom stereocenters. The average Bonchev–Trinajstić information content (AvgIpc) is 3.03. The molecule has 2 aliphatic rings. The van der Waals surface area contributed by atoms with E-state index >= 15 is 0 Å². The van der Waals surface area contributed by atoms with Crippen LogP contribution in [0, 0.1) is 5.82 Å². The summed E-state index contributed by atoms with van der Waals surface area (Å²) in [5.41, 5.74) is 1.53. The normalized spacial score (nSPS) is 21.1. The number of benzene rings is 2. The Hall–Kier alpha value is -3.42. The van der Waals surface area contributed by atoms with Crippen molar-refractivity contribution in [3.8, 4) is 0 Å². The second-order valence-electron chi connectivity index (χ2n) is 9.07. The number of rotatable bonds is 5. The molecule has 174 valence electrons. The first-order chi connectivity index (χ1) is 15.7. The van der Waals surface area contributed by atoms with Crippen LogP contribution in [0.4, 0.5) is 14.9 Å². The molecule has 2 fully saturated rings. The topological polar surface area (TPSA) is 73.0 Å². The van der Waals surface area contributed by atoms with Crippen molar-refractivity contribution in [2.45, 2.75) is 32.2 Å². The first-order valence-electron chi connectivity index (χ1n) is 11.2. The van der Waals surface area contributed by atoms with Gasteiger partial charge in [0, 0.05) is 31.9 Å². The quantitative estimate of drug-likeness (QED) is 0.708. The zero-order valence-electron chi connectivity index (χ0n) is 19.2. The number of hydrogen-bond donors (Lipinski definition) is 1. The number of anilines is 1. The summed E-state index contributed by atoms with van der Waals surface area (Å²) in [6.45, 7) is 7.68. The highest BCUT2D eigenvalue weighted by Gasteiger charge is 2.49. The molecule has 2 aromatic carbocycles. The molecule has 2 aliphatic heterocycles. The summed E-state index contributed by atoms with van der Waals surface area (Å²) >= 11 is 0. The van der Waals surface area contributed by atoms with Crippen molar-refractivity contribution in [2.75, 3.05) is 37.6 Å². The molecule has 0 aromatic heterocycles. The molecule has 4 rings (SSSR count). The van der Waals surface area contributed by atoms with E-state index in [4.69, 9.17) is 0 Å². The number of urea groups is 1. The van der Waals surface area contributed by atoms with Crippen LogP contribution in [0.15, 0.2) is 48.5 Å². The van der Waals surface area contributed by atoms with Crippen LogP contribution in [0.25, 0.3) is 0 Å². The summed E-state index contributed by atoms with van der Waals surface area (Å²) in [5, 5.41) is 2.76. The van der Waals surface area contributed by atoms with Crippen LogP contribution in [0.3, 0.4) is 0 Å². The van der Waals surface area contributed by atoms with Gasteiger partial charge in [-0.1, -0.05) is 38.1 Å². The van der Waals surface area contributed by atoms with Crippen molar-refractivity contribution in [1.82, 2.24) is 15.1 Å². The van der Waals surface area contributed by atoms with E-state index in [1.54, 1.807) is 24.0 Å². The van der Waals surface area contributed by atoms with E-state index < -0.39 is 17.5 Å². The van der Waals surface area contributed by atoms with E-state index in [0.29, 0.717) is 37.7 Å². The highest BCUT2D eigenvalue weighted by Crippen LogP contribution is 2.30. The summed E-state index contributed by atoms with van der Waals surface area (Å²) < 4.78 is 13.2. The van der Waals surface area contributed by atoms with Crippen molar-refractivity contribution in [3.05, 3.63) is 65.5 Å². The van der Waals surface area contributed by atoms with Gasteiger partial charge in [-0.15, -0.1) is 0 Å². The first kappa shape index (κ1) is 22.8.